The Morgan fingerprint density at radius 2 is 1.66 bits per heavy atom. The van der Waals surface area contributed by atoms with Gasteiger partial charge in [-0.15, -0.1) is 0 Å². The van der Waals surface area contributed by atoms with Crippen LogP contribution in [0.1, 0.15) is 23.6 Å². The largest absolute Gasteiger partial charge is 0.459 e. The molecule has 5 nitrogen and oxygen atoms in total. The molecule has 198 valence electrons. The number of nitriles is 1. The van der Waals surface area contributed by atoms with Crippen molar-refractivity contribution in [2.75, 3.05) is 11.3 Å². The van der Waals surface area contributed by atoms with Crippen LogP contribution in [0.3, 0.4) is 0 Å². The van der Waals surface area contributed by atoms with Gasteiger partial charge in [-0.3, -0.25) is 5.01 Å². The molecule has 1 atom stereocenters. The van der Waals surface area contributed by atoms with E-state index in [1.807, 2.05) is 0 Å². The number of alkyl halides is 5. The van der Waals surface area contributed by atoms with Gasteiger partial charge in [-0.2, -0.15) is 32.3 Å². The van der Waals surface area contributed by atoms with Crippen LogP contribution in [-0.2, 0) is 9.84 Å². The molecule has 13 heteroatoms. The molecule has 0 bridgehead atoms. The standard InChI is InChI=1S/C25H16F7N3O2S/c1-38(36,37)22-8-5-15(10-17(22)13-33)14-3-2-4-16(9-14)21-12-23(24(28,29)25(30,31)32)34-35(21)20-7-6-18(26)11-19(20)27/h2-11,21H,12H2,1H3. The maximum absolute atomic E-state index is 14.6. The first kappa shape index (κ1) is 27.1. The zero-order valence-electron chi connectivity index (χ0n) is 19.3. The molecular weight excluding hydrogens is 539 g/mol. The van der Waals surface area contributed by atoms with E-state index in [0.717, 1.165) is 18.4 Å². The molecule has 0 N–H and O–H groups in total. The summed E-state index contributed by atoms with van der Waals surface area (Å²) in [6.07, 6.45) is -5.95. The summed E-state index contributed by atoms with van der Waals surface area (Å²) >= 11 is 0. The first-order valence-corrected chi connectivity index (χ1v) is 12.6. The predicted octanol–water partition coefficient (Wildman–Crippen LogP) is 6.41. The SMILES string of the molecule is CS(=O)(=O)c1ccc(-c2cccc(C3CC(C(F)(F)C(F)(F)F)=NN3c3ccc(F)cc3F)c2)cc1C#N. The van der Waals surface area contributed by atoms with Crippen molar-refractivity contribution < 1.29 is 39.2 Å². The van der Waals surface area contributed by atoms with Crippen molar-refractivity contribution in [2.45, 2.75) is 29.5 Å². The summed E-state index contributed by atoms with van der Waals surface area (Å²) in [7, 11) is -3.71. The van der Waals surface area contributed by atoms with Crippen molar-refractivity contribution in [3.8, 4) is 17.2 Å². The Balaban J connectivity index is 1.81. The lowest BCUT2D eigenvalue weighted by atomic mass is 9.95. The Morgan fingerprint density at radius 1 is 0.974 bits per heavy atom. The number of nitrogens with zero attached hydrogens (tertiary/aromatic N) is 3. The highest BCUT2D eigenvalue weighted by Crippen LogP contribution is 2.45. The van der Waals surface area contributed by atoms with Crippen LogP contribution >= 0.6 is 0 Å². The summed E-state index contributed by atoms with van der Waals surface area (Å²) < 4.78 is 120. The minimum Gasteiger partial charge on any atom is -0.255 e. The summed E-state index contributed by atoms with van der Waals surface area (Å²) in [5, 5.41) is 13.5. The van der Waals surface area contributed by atoms with E-state index >= 15 is 0 Å². The zero-order chi connectivity index (χ0) is 28.0. The van der Waals surface area contributed by atoms with Crippen LogP contribution in [0.2, 0.25) is 0 Å². The highest BCUT2D eigenvalue weighted by atomic mass is 32.2. The van der Waals surface area contributed by atoms with Crippen LogP contribution in [0.25, 0.3) is 11.1 Å². The summed E-state index contributed by atoms with van der Waals surface area (Å²) in [5.41, 5.74) is -1.33. The maximum Gasteiger partial charge on any atom is 0.459 e. The van der Waals surface area contributed by atoms with Crippen molar-refractivity contribution >= 4 is 21.2 Å². The number of hydrogen-bond donors (Lipinski definition) is 0. The van der Waals surface area contributed by atoms with Gasteiger partial charge in [0, 0.05) is 18.7 Å². The van der Waals surface area contributed by atoms with E-state index < -0.39 is 57.4 Å². The summed E-state index contributed by atoms with van der Waals surface area (Å²) in [6, 6.07) is 12.3. The highest BCUT2D eigenvalue weighted by Gasteiger charge is 2.63. The molecule has 0 spiro atoms. The Labute approximate surface area is 212 Å². The number of benzene rings is 3. The third-order valence-corrected chi connectivity index (χ3v) is 7.04. The van der Waals surface area contributed by atoms with Gasteiger partial charge in [0.2, 0.25) is 0 Å². The van der Waals surface area contributed by atoms with E-state index in [4.69, 9.17) is 0 Å². The number of anilines is 1. The van der Waals surface area contributed by atoms with Crippen LogP contribution in [0.5, 0.6) is 0 Å². The lowest BCUT2D eigenvalue weighted by Gasteiger charge is -2.25. The molecule has 1 heterocycles. The Hall–Kier alpha value is -3.92. The molecule has 0 saturated carbocycles. The van der Waals surface area contributed by atoms with Crippen LogP contribution in [0, 0.1) is 23.0 Å². The fourth-order valence-electron chi connectivity index (χ4n) is 4.06. The second-order valence-electron chi connectivity index (χ2n) is 8.50. The van der Waals surface area contributed by atoms with Gasteiger partial charge < -0.3 is 0 Å². The average Bonchev–Trinajstić information content (AvgIpc) is 3.28. The first-order valence-electron chi connectivity index (χ1n) is 10.7. The van der Waals surface area contributed by atoms with Crippen LogP contribution < -0.4 is 5.01 Å². The fraction of sp³-hybridized carbons (Fsp3) is 0.200. The fourth-order valence-corrected chi connectivity index (χ4v) is 4.88. The number of sulfone groups is 1. The predicted molar refractivity (Wildman–Crippen MR) is 124 cm³/mol. The lowest BCUT2D eigenvalue weighted by molar-refractivity contribution is -0.249. The van der Waals surface area contributed by atoms with Crippen LogP contribution in [-0.4, -0.2) is 32.5 Å². The van der Waals surface area contributed by atoms with Gasteiger partial charge in [0.1, 0.15) is 17.6 Å². The quantitative estimate of drug-likeness (QED) is 0.341. The summed E-state index contributed by atoms with van der Waals surface area (Å²) in [4.78, 5) is -0.207. The average molecular weight is 555 g/mol. The van der Waals surface area contributed by atoms with Crippen molar-refractivity contribution in [2.24, 2.45) is 5.10 Å². The van der Waals surface area contributed by atoms with E-state index in [1.54, 1.807) is 12.1 Å². The van der Waals surface area contributed by atoms with Crippen molar-refractivity contribution in [1.82, 2.24) is 0 Å². The molecule has 3 aromatic carbocycles. The van der Waals surface area contributed by atoms with Crippen molar-refractivity contribution in [3.63, 3.8) is 0 Å². The molecule has 0 radical (unpaired) electrons. The third-order valence-electron chi connectivity index (χ3n) is 5.89. The molecule has 3 aromatic rings. The van der Waals surface area contributed by atoms with Gasteiger partial charge in [0.05, 0.1) is 22.2 Å². The number of hydrazone groups is 1. The second kappa shape index (κ2) is 9.43. The van der Waals surface area contributed by atoms with E-state index in [9.17, 15) is 44.4 Å². The smallest absolute Gasteiger partial charge is 0.255 e. The van der Waals surface area contributed by atoms with Gasteiger partial charge in [0.15, 0.2) is 15.7 Å². The minimum absolute atomic E-state index is 0.151. The van der Waals surface area contributed by atoms with E-state index in [0.29, 0.717) is 22.2 Å². The molecule has 4 rings (SSSR count). The molecule has 0 aliphatic carbocycles. The van der Waals surface area contributed by atoms with Gasteiger partial charge in [-0.25, -0.2) is 17.2 Å². The summed E-state index contributed by atoms with van der Waals surface area (Å²) in [5.74, 6) is -7.52. The molecule has 1 unspecified atom stereocenters. The Kier molecular flexibility index (Phi) is 6.73. The molecule has 1 aliphatic rings. The summed E-state index contributed by atoms with van der Waals surface area (Å²) in [6.45, 7) is 0. The minimum atomic E-state index is -5.95. The van der Waals surface area contributed by atoms with Crippen LogP contribution in [0.15, 0.2) is 70.7 Å². The van der Waals surface area contributed by atoms with Gasteiger partial charge in [-0.1, -0.05) is 24.3 Å². The topological polar surface area (TPSA) is 73.5 Å². The van der Waals surface area contributed by atoms with E-state index in [-0.39, 0.29) is 16.0 Å². The van der Waals surface area contributed by atoms with Crippen molar-refractivity contribution in [3.05, 3.63) is 83.4 Å². The third kappa shape index (κ3) is 4.96. The molecule has 0 saturated heterocycles. The number of hydrogen-bond acceptors (Lipinski definition) is 5. The molecule has 0 aromatic heterocycles. The highest BCUT2D eigenvalue weighted by molar-refractivity contribution is 7.90. The van der Waals surface area contributed by atoms with Gasteiger partial charge in [-0.05, 0) is 47.0 Å². The molecular formula is C25H16F7N3O2S. The Morgan fingerprint density at radius 3 is 2.26 bits per heavy atom. The monoisotopic (exact) mass is 555 g/mol. The van der Waals surface area contributed by atoms with Gasteiger partial charge in [0.25, 0.3) is 0 Å². The Bertz CT molecular complexity index is 1600. The molecule has 0 amide bonds. The van der Waals surface area contributed by atoms with E-state index in [1.165, 1.54) is 36.4 Å². The molecule has 38 heavy (non-hydrogen) atoms. The number of halogens is 7. The van der Waals surface area contributed by atoms with Crippen LogP contribution in [0.4, 0.5) is 36.4 Å². The zero-order valence-corrected chi connectivity index (χ0v) is 20.1. The second-order valence-corrected chi connectivity index (χ2v) is 10.5. The molecule has 1 aliphatic heterocycles. The van der Waals surface area contributed by atoms with Crippen molar-refractivity contribution in [1.29, 1.82) is 5.26 Å². The molecule has 0 fully saturated rings. The first-order chi connectivity index (χ1) is 17.6. The lowest BCUT2D eigenvalue weighted by Crippen LogP contribution is -2.43. The number of rotatable bonds is 5. The van der Waals surface area contributed by atoms with Gasteiger partial charge >= 0.3 is 12.1 Å². The van der Waals surface area contributed by atoms with E-state index in [2.05, 4.69) is 5.10 Å². The normalized spacial score (nSPS) is 16.3. The maximum atomic E-state index is 14.6.